The Balaban J connectivity index is 1.35. The highest BCUT2D eigenvalue weighted by molar-refractivity contribution is 7.17. The van der Waals surface area contributed by atoms with Gasteiger partial charge < -0.3 is 10.3 Å². The largest absolute Gasteiger partial charge is 0.342 e. The highest BCUT2D eigenvalue weighted by Gasteiger charge is 2.22. The number of thiazole rings is 1. The molecule has 2 N–H and O–H groups in total. The maximum Gasteiger partial charge on any atom is 0.267 e. The van der Waals surface area contributed by atoms with E-state index < -0.39 is 0 Å². The molecule has 27 heavy (non-hydrogen) atoms. The van der Waals surface area contributed by atoms with Gasteiger partial charge in [0.1, 0.15) is 15.7 Å². The number of fused-ring (bicyclic) bond motifs is 1. The van der Waals surface area contributed by atoms with Gasteiger partial charge in [0.25, 0.3) is 5.91 Å². The van der Waals surface area contributed by atoms with Crippen LogP contribution >= 0.6 is 11.3 Å². The minimum Gasteiger partial charge on any atom is -0.342 e. The van der Waals surface area contributed by atoms with E-state index in [1.165, 1.54) is 30.6 Å². The second-order valence-corrected chi connectivity index (χ2v) is 7.86. The predicted octanol–water partition coefficient (Wildman–Crippen LogP) is 5.21. The van der Waals surface area contributed by atoms with Crippen LogP contribution in [0.25, 0.3) is 21.6 Å². The molecule has 1 saturated carbocycles. The van der Waals surface area contributed by atoms with E-state index in [0.29, 0.717) is 10.8 Å². The summed E-state index contributed by atoms with van der Waals surface area (Å²) in [6.07, 6.45) is 5.33. The number of hydrogen-bond acceptors (Lipinski definition) is 4. The average molecular weight is 374 g/mol. The van der Waals surface area contributed by atoms with Crippen LogP contribution in [-0.2, 0) is 0 Å². The third kappa shape index (κ3) is 3.13. The van der Waals surface area contributed by atoms with Crippen molar-refractivity contribution in [1.29, 1.82) is 0 Å². The molecule has 0 bridgehead atoms. The zero-order chi connectivity index (χ0) is 18.2. The first-order valence-corrected chi connectivity index (χ1v) is 9.90. The lowest BCUT2D eigenvalue weighted by atomic mass is 9.85. The third-order valence-electron chi connectivity index (χ3n) is 5.00. The minimum absolute atomic E-state index is 0.146. The Hall–Kier alpha value is -2.99. The van der Waals surface area contributed by atoms with E-state index in [1.807, 2.05) is 48.5 Å². The van der Waals surface area contributed by atoms with Gasteiger partial charge in [0.05, 0.1) is 17.2 Å². The number of carbonyl (C=O) groups is 1. The second-order valence-electron chi connectivity index (χ2n) is 6.83. The number of imidazole rings is 1. The zero-order valence-electron chi connectivity index (χ0n) is 14.6. The van der Waals surface area contributed by atoms with Crippen molar-refractivity contribution in [2.24, 2.45) is 0 Å². The minimum atomic E-state index is -0.146. The predicted molar refractivity (Wildman–Crippen MR) is 108 cm³/mol. The van der Waals surface area contributed by atoms with E-state index in [1.54, 1.807) is 6.20 Å². The summed E-state index contributed by atoms with van der Waals surface area (Å²) in [6, 6.07) is 15.7. The van der Waals surface area contributed by atoms with Crippen molar-refractivity contribution in [3.8, 4) is 10.6 Å². The third-order valence-corrected chi connectivity index (χ3v) is 6.05. The lowest BCUT2D eigenvalue weighted by molar-refractivity contribution is 0.103. The molecule has 2 aromatic heterocycles. The van der Waals surface area contributed by atoms with E-state index in [-0.39, 0.29) is 5.91 Å². The Labute approximate surface area is 160 Å². The van der Waals surface area contributed by atoms with E-state index in [0.717, 1.165) is 33.1 Å². The highest BCUT2D eigenvalue weighted by atomic mass is 32.1. The van der Waals surface area contributed by atoms with Crippen molar-refractivity contribution >= 4 is 34.0 Å². The molecule has 0 saturated heterocycles. The molecule has 0 unspecified atom stereocenters. The number of nitrogens with one attached hydrogen (secondary N) is 2. The van der Waals surface area contributed by atoms with Crippen molar-refractivity contribution < 1.29 is 4.79 Å². The Morgan fingerprint density at radius 3 is 2.78 bits per heavy atom. The first kappa shape index (κ1) is 16.2. The van der Waals surface area contributed by atoms with Crippen molar-refractivity contribution in [1.82, 2.24) is 15.0 Å². The zero-order valence-corrected chi connectivity index (χ0v) is 15.4. The van der Waals surface area contributed by atoms with Gasteiger partial charge in [-0.15, -0.1) is 11.3 Å². The summed E-state index contributed by atoms with van der Waals surface area (Å²) in [5.41, 5.74) is 3.68. The van der Waals surface area contributed by atoms with Gasteiger partial charge >= 0.3 is 0 Å². The first-order chi connectivity index (χ1) is 13.3. The number of nitrogens with zero attached hydrogens (tertiary/aromatic N) is 2. The number of benzene rings is 2. The Kier molecular flexibility index (Phi) is 3.98. The molecule has 4 aromatic rings. The average Bonchev–Trinajstić information content (AvgIpc) is 3.27. The molecule has 134 valence electrons. The van der Waals surface area contributed by atoms with Gasteiger partial charge in [-0.05, 0) is 31.0 Å². The fourth-order valence-corrected chi connectivity index (χ4v) is 4.08. The number of rotatable bonds is 4. The summed E-state index contributed by atoms with van der Waals surface area (Å²) in [5, 5.41) is 3.81. The van der Waals surface area contributed by atoms with Crippen LogP contribution < -0.4 is 5.32 Å². The summed E-state index contributed by atoms with van der Waals surface area (Å²) < 4.78 is 0. The highest BCUT2D eigenvalue weighted by Crippen LogP contribution is 2.35. The van der Waals surface area contributed by atoms with Crippen LogP contribution in [0.4, 0.5) is 5.69 Å². The summed E-state index contributed by atoms with van der Waals surface area (Å²) in [5.74, 6) is 1.48. The molecule has 2 aromatic carbocycles. The van der Waals surface area contributed by atoms with E-state index in [4.69, 9.17) is 0 Å². The number of anilines is 1. The fraction of sp³-hybridized carbons (Fsp3) is 0.190. The Bertz CT molecular complexity index is 1110. The van der Waals surface area contributed by atoms with Crippen LogP contribution in [0.3, 0.4) is 0 Å². The lowest BCUT2D eigenvalue weighted by Gasteiger charge is -2.22. The lowest BCUT2D eigenvalue weighted by Crippen LogP contribution is -2.10. The smallest absolute Gasteiger partial charge is 0.267 e. The first-order valence-electron chi connectivity index (χ1n) is 9.08. The standard InChI is InChI=1S/C21H18N4OS/c26-20(18-12-22-21(27-18)14-5-2-1-3-6-14)23-15-9-10-16-17(11-15)25-19(24-16)13-7-4-8-13/h1-3,5-6,9-13H,4,7-8H2,(H,23,26)(H,24,25). The van der Waals surface area contributed by atoms with Gasteiger partial charge in [-0.3, -0.25) is 4.79 Å². The van der Waals surface area contributed by atoms with Gasteiger partial charge in [-0.2, -0.15) is 0 Å². The van der Waals surface area contributed by atoms with Crippen LogP contribution in [0.15, 0.2) is 54.7 Å². The maximum absolute atomic E-state index is 12.6. The SMILES string of the molecule is O=C(Nc1ccc2nc(C3CCC3)[nH]c2c1)c1cnc(-c2ccccc2)s1. The molecule has 0 aliphatic heterocycles. The number of aromatic amines is 1. The summed E-state index contributed by atoms with van der Waals surface area (Å²) >= 11 is 1.39. The Morgan fingerprint density at radius 1 is 1.15 bits per heavy atom. The number of amides is 1. The molecule has 0 atom stereocenters. The van der Waals surface area contributed by atoms with Gasteiger partial charge in [0, 0.05) is 17.2 Å². The molecule has 5 rings (SSSR count). The quantitative estimate of drug-likeness (QED) is 0.515. The van der Waals surface area contributed by atoms with Crippen LogP contribution in [0.5, 0.6) is 0 Å². The van der Waals surface area contributed by atoms with E-state index >= 15 is 0 Å². The molecule has 6 heteroatoms. The van der Waals surface area contributed by atoms with Crippen molar-refractivity contribution in [3.05, 3.63) is 65.4 Å². The molecule has 0 radical (unpaired) electrons. The van der Waals surface area contributed by atoms with Gasteiger partial charge in [0.15, 0.2) is 0 Å². The molecule has 1 aliphatic rings. The number of carbonyl (C=O) groups excluding carboxylic acids is 1. The topological polar surface area (TPSA) is 70.7 Å². The maximum atomic E-state index is 12.6. The fourth-order valence-electron chi connectivity index (χ4n) is 3.27. The molecule has 1 fully saturated rings. The monoisotopic (exact) mass is 374 g/mol. The van der Waals surface area contributed by atoms with Crippen LogP contribution in [0, 0.1) is 0 Å². The molecular weight excluding hydrogens is 356 g/mol. The van der Waals surface area contributed by atoms with E-state index in [2.05, 4.69) is 20.3 Å². The van der Waals surface area contributed by atoms with Crippen LogP contribution in [0.2, 0.25) is 0 Å². The van der Waals surface area contributed by atoms with Gasteiger partial charge in [-0.1, -0.05) is 36.8 Å². The van der Waals surface area contributed by atoms with Crippen LogP contribution in [0.1, 0.15) is 40.7 Å². The second kappa shape index (κ2) is 6.63. The van der Waals surface area contributed by atoms with Crippen molar-refractivity contribution in [2.75, 3.05) is 5.32 Å². The summed E-state index contributed by atoms with van der Waals surface area (Å²) in [7, 11) is 0. The van der Waals surface area contributed by atoms with Gasteiger partial charge in [-0.25, -0.2) is 9.97 Å². The van der Waals surface area contributed by atoms with Crippen LogP contribution in [-0.4, -0.2) is 20.9 Å². The molecule has 5 nitrogen and oxygen atoms in total. The number of H-pyrrole nitrogens is 1. The molecule has 1 aliphatic carbocycles. The normalized spacial score (nSPS) is 14.2. The van der Waals surface area contributed by atoms with Gasteiger partial charge in [0.2, 0.25) is 0 Å². The van der Waals surface area contributed by atoms with Crippen molar-refractivity contribution in [2.45, 2.75) is 25.2 Å². The molecule has 1 amide bonds. The summed E-state index contributed by atoms with van der Waals surface area (Å²) in [4.78, 5) is 25.6. The number of hydrogen-bond donors (Lipinski definition) is 2. The summed E-state index contributed by atoms with van der Waals surface area (Å²) in [6.45, 7) is 0. The molecule has 0 spiro atoms. The Morgan fingerprint density at radius 2 is 2.00 bits per heavy atom. The molecule has 2 heterocycles. The molecular formula is C21H18N4OS. The van der Waals surface area contributed by atoms with Crippen molar-refractivity contribution in [3.63, 3.8) is 0 Å². The number of aromatic nitrogens is 3. The van der Waals surface area contributed by atoms with E-state index in [9.17, 15) is 4.79 Å².